The third-order valence-electron chi connectivity index (χ3n) is 10.9. The fourth-order valence-corrected chi connectivity index (χ4v) is 9.44. The van der Waals surface area contributed by atoms with Crippen molar-refractivity contribution in [3.63, 3.8) is 0 Å². The van der Waals surface area contributed by atoms with Crippen molar-refractivity contribution in [3.8, 4) is 0 Å². The summed E-state index contributed by atoms with van der Waals surface area (Å²) in [5, 5.41) is 10.4. The second-order valence-electron chi connectivity index (χ2n) is 11.6. The molecule has 0 heterocycles. The smallest absolute Gasteiger partial charge is 0.310 e. The Morgan fingerprint density at radius 3 is 2.52 bits per heavy atom. The molecule has 0 bridgehead atoms. The van der Waals surface area contributed by atoms with Crippen LogP contribution in [0.2, 0.25) is 0 Å². The lowest BCUT2D eigenvalue weighted by Gasteiger charge is -2.44. The van der Waals surface area contributed by atoms with Gasteiger partial charge in [-0.2, -0.15) is 0 Å². The van der Waals surface area contributed by atoms with Gasteiger partial charge in [-0.3, -0.25) is 4.79 Å². The van der Waals surface area contributed by atoms with Crippen LogP contribution in [-0.4, -0.2) is 11.1 Å². The van der Waals surface area contributed by atoms with E-state index in [1.807, 2.05) is 0 Å². The minimum atomic E-state index is -0.497. The molecule has 2 heteroatoms. The van der Waals surface area contributed by atoms with E-state index in [2.05, 4.69) is 34.6 Å². The largest absolute Gasteiger partial charge is 0.481 e. The average molecular weight is 371 g/mol. The van der Waals surface area contributed by atoms with Crippen LogP contribution in [0.1, 0.15) is 86.0 Å². The predicted molar refractivity (Wildman–Crippen MR) is 108 cm³/mol. The highest BCUT2D eigenvalue weighted by molar-refractivity contribution is 5.77. The van der Waals surface area contributed by atoms with E-state index in [1.54, 1.807) is 11.1 Å². The maximum Gasteiger partial charge on any atom is 0.310 e. The maximum absolute atomic E-state index is 12.6. The third-order valence-corrected chi connectivity index (χ3v) is 10.9. The number of carboxylic acids is 1. The molecule has 1 unspecified atom stereocenters. The molecule has 1 N–H and O–H groups in total. The lowest BCUT2D eigenvalue weighted by atomic mass is 9.59. The third kappa shape index (κ3) is 1.92. The van der Waals surface area contributed by atoms with E-state index in [4.69, 9.17) is 0 Å². The minimum Gasteiger partial charge on any atom is -0.481 e. The monoisotopic (exact) mass is 370 g/mol. The molecule has 5 aliphatic carbocycles. The summed E-state index contributed by atoms with van der Waals surface area (Å²) < 4.78 is 0. The van der Waals surface area contributed by atoms with E-state index < -0.39 is 11.4 Å². The lowest BCUT2D eigenvalue weighted by Crippen LogP contribution is -2.42. The van der Waals surface area contributed by atoms with Crippen LogP contribution in [0.25, 0.3) is 0 Å². The zero-order valence-electron chi connectivity index (χ0n) is 18.0. The van der Waals surface area contributed by atoms with Crippen molar-refractivity contribution in [2.45, 2.75) is 86.0 Å². The van der Waals surface area contributed by atoms with E-state index in [0.29, 0.717) is 34.5 Å². The highest BCUT2D eigenvalue weighted by Crippen LogP contribution is 2.85. The second kappa shape index (κ2) is 5.42. The first kappa shape index (κ1) is 18.3. The second-order valence-corrected chi connectivity index (χ2v) is 11.6. The molecule has 0 aromatic carbocycles. The molecule has 2 nitrogen and oxygen atoms in total. The first-order chi connectivity index (χ1) is 12.7. The Labute approximate surface area is 165 Å². The molecule has 0 aromatic heterocycles. The zero-order valence-corrected chi connectivity index (χ0v) is 18.0. The molecule has 5 aliphatic rings. The Morgan fingerprint density at radius 2 is 1.85 bits per heavy atom. The van der Waals surface area contributed by atoms with Gasteiger partial charge in [-0.15, -0.1) is 0 Å². The zero-order chi connectivity index (χ0) is 19.4. The van der Waals surface area contributed by atoms with Gasteiger partial charge in [-0.05, 0) is 97.7 Å². The summed E-state index contributed by atoms with van der Waals surface area (Å²) in [5.74, 6) is 3.37. The molecular weight excluding hydrogens is 332 g/mol. The van der Waals surface area contributed by atoms with Crippen molar-refractivity contribution in [2.24, 2.45) is 51.8 Å². The topological polar surface area (TPSA) is 37.3 Å². The van der Waals surface area contributed by atoms with Crippen LogP contribution >= 0.6 is 0 Å². The molecule has 27 heavy (non-hydrogen) atoms. The predicted octanol–water partition coefficient (Wildman–Crippen LogP) is 6.31. The maximum atomic E-state index is 12.6. The summed E-state index contributed by atoms with van der Waals surface area (Å²) >= 11 is 0. The van der Waals surface area contributed by atoms with Crippen LogP contribution in [0, 0.1) is 51.8 Å². The molecule has 0 amide bonds. The number of aliphatic carboxylic acids is 1. The van der Waals surface area contributed by atoms with Gasteiger partial charge in [0.05, 0.1) is 5.41 Å². The Balaban J connectivity index is 1.63. The number of hydrogen-bond acceptors (Lipinski definition) is 1. The van der Waals surface area contributed by atoms with Crippen molar-refractivity contribution >= 4 is 5.97 Å². The van der Waals surface area contributed by atoms with E-state index in [1.165, 1.54) is 25.7 Å². The summed E-state index contributed by atoms with van der Waals surface area (Å²) in [4.78, 5) is 12.6. The fourth-order valence-electron chi connectivity index (χ4n) is 9.44. The van der Waals surface area contributed by atoms with Gasteiger partial charge in [0.25, 0.3) is 0 Å². The molecule has 1 spiro atoms. The van der Waals surface area contributed by atoms with E-state index in [0.717, 1.165) is 37.5 Å². The van der Waals surface area contributed by atoms with Crippen LogP contribution in [0.4, 0.5) is 0 Å². The van der Waals surface area contributed by atoms with E-state index in [9.17, 15) is 9.90 Å². The number of hydrogen-bond donors (Lipinski definition) is 1. The van der Waals surface area contributed by atoms with Gasteiger partial charge in [0.15, 0.2) is 0 Å². The number of carboxylic acid groups (broad SMARTS) is 1. The minimum absolute atomic E-state index is 0.365. The van der Waals surface area contributed by atoms with Crippen molar-refractivity contribution in [1.29, 1.82) is 0 Å². The van der Waals surface area contributed by atoms with Crippen LogP contribution < -0.4 is 0 Å². The fraction of sp³-hybridized carbons (Fsp3) is 0.880. The number of carbonyl (C=O) groups is 1. The molecule has 5 rings (SSSR count). The summed E-state index contributed by atoms with van der Waals surface area (Å²) in [6.45, 7) is 12.1. The van der Waals surface area contributed by atoms with Gasteiger partial charge >= 0.3 is 5.97 Å². The van der Waals surface area contributed by atoms with Crippen LogP contribution in [0.5, 0.6) is 0 Å². The van der Waals surface area contributed by atoms with Crippen molar-refractivity contribution in [2.75, 3.05) is 0 Å². The highest BCUT2D eigenvalue weighted by atomic mass is 16.4. The molecule has 3 saturated carbocycles. The summed E-state index contributed by atoms with van der Waals surface area (Å²) in [7, 11) is 0. The average Bonchev–Trinajstić information content (AvgIpc) is 2.89. The number of rotatable bonds is 2. The summed E-state index contributed by atoms with van der Waals surface area (Å²) in [6, 6.07) is 0. The molecule has 0 aromatic rings. The summed E-state index contributed by atoms with van der Waals surface area (Å²) in [5.41, 5.74) is 3.83. The van der Waals surface area contributed by atoms with Crippen LogP contribution in [0.15, 0.2) is 11.1 Å². The molecule has 150 valence electrons. The number of fused-ring (bicyclic) bond motifs is 3. The van der Waals surface area contributed by atoms with Gasteiger partial charge in [0.1, 0.15) is 0 Å². The molecule has 0 radical (unpaired) electrons. The highest BCUT2D eigenvalue weighted by Gasteiger charge is 2.79. The molecular formula is C25H38O2. The standard InChI is InChI=1S/C25H38O2/c1-14(2)17-9-10-24(22(26)27)13-18-15(3)8-11-25-16(4)6-7-21(25)23(25,5)19(18)12-20(17)24/h14-17,20-21H,6-13H2,1-5H3,(H,26,27)/t15-,16-,17-,20+,21+,23-,24+,25?/m1/s1. The molecule has 8 atom stereocenters. The van der Waals surface area contributed by atoms with Gasteiger partial charge < -0.3 is 5.11 Å². The quantitative estimate of drug-likeness (QED) is 0.578. The SMILES string of the molecule is CC(C)[C@H]1CC[C@]2(C(=O)O)CC3=C(C[C@@H]12)[C@]1(C)[C@@H]2CC[C@@H](C)C21CC[C@H]3C. The lowest BCUT2D eigenvalue weighted by molar-refractivity contribution is -0.152. The number of allylic oxidation sites excluding steroid dienone is 2. The Kier molecular flexibility index (Phi) is 3.66. The van der Waals surface area contributed by atoms with Gasteiger partial charge in [0, 0.05) is 0 Å². The molecule has 0 saturated heterocycles. The normalized spacial score (nSPS) is 53.5. The Morgan fingerprint density at radius 1 is 1.11 bits per heavy atom. The Bertz CT molecular complexity index is 720. The van der Waals surface area contributed by atoms with Gasteiger partial charge in [0.2, 0.25) is 0 Å². The molecule has 3 fully saturated rings. The van der Waals surface area contributed by atoms with E-state index in [-0.39, 0.29) is 0 Å². The van der Waals surface area contributed by atoms with Crippen molar-refractivity contribution in [3.05, 3.63) is 11.1 Å². The van der Waals surface area contributed by atoms with Crippen molar-refractivity contribution < 1.29 is 9.90 Å². The first-order valence-corrected chi connectivity index (χ1v) is 11.7. The van der Waals surface area contributed by atoms with Crippen LogP contribution in [-0.2, 0) is 4.79 Å². The Hall–Kier alpha value is -0.790. The summed E-state index contributed by atoms with van der Waals surface area (Å²) in [6.07, 6.45) is 9.45. The van der Waals surface area contributed by atoms with Gasteiger partial charge in [-0.25, -0.2) is 0 Å². The van der Waals surface area contributed by atoms with Gasteiger partial charge in [-0.1, -0.05) is 45.8 Å². The van der Waals surface area contributed by atoms with Crippen LogP contribution in [0.3, 0.4) is 0 Å². The van der Waals surface area contributed by atoms with Crippen molar-refractivity contribution in [1.82, 2.24) is 0 Å². The van der Waals surface area contributed by atoms with E-state index >= 15 is 0 Å². The molecule has 0 aliphatic heterocycles. The first-order valence-electron chi connectivity index (χ1n) is 11.7.